The second-order valence-corrected chi connectivity index (χ2v) is 5.79. The molecule has 1 N–H and O–H groups in total. The van der Waals surface area contributed by atoms with Gasteiger partial charge in [0.15, 0.2) is 0 Å². The summed E-state index contributed by atoms with van der Waals surface area (Å²) in [5.41, 5.74) is 1.32. The molecule has 27 heavy (non-hydrogen) atoms. The zero-order valence-corrected chi connectivity index (χ0v) is 14.7. The van der Waals surface area contributed by atoms with E-state index in [0.717, 1.165) is 10.8 Å². The van der Waals surface area contributed by atoms with Gasteiger partial charge >= 0.3 is 0 Å². The second-order valence-electron chi connectivity index (χ2n) is 5.79. The molecule has 3 aromatic carbocycles. The Morgan fingerprint density at radius 1 is 1.07 bits per heavy atom. The lowest BCUT2D eigenvalue weighted by molar-refractivity contribution is -0.112. The van der Waals surface area contributed by atoms with Crippen LogP contribution in [0.4, 0.5) is 5.69 Å². The molecule has 0 heterocycles. The third kappa shape index (κ3) is 4.23. The van der Waals surface area contributed by atoms with Crippen LogP contribution in [0.2, 0.25) is 0 Å². The number of benzene rings is 3. The van der Waals surface area contributed by atoms with Crippen molar-refractivity contribution in [2.45, 2.75) is 0 Å². The lowest BCUT2D eigenvalue weighted by Crippen LogP contribution is -2.13. The third-order valence-corrected chi connectivity index (χ3v) is 3.98. The summed E-state index contributed by atoms with van der Waals surface area (Å²) in [7, 11) is 0. The number of nitrogens with one attached hydrogen (secondary N) is 1. The summed E-state index contributed by atoms with van der Waals surface area (Å²) in [6, 6.07) is 22.6. The Labute approximate surface area is 158 Å². The van der Waals surface area contributed by atoms with E-state index in [4.69, 9.17) is 4.74 Å². The van der Waals surface area contributed by atoms with Crippen molar-refractivity contribution in [3.63, 3.8) is 0 Å². The normalized spacial score (nSPS) is 10.9. The average molecular weight is 354 g/mol. The first-order valence-electron chi connectivity index (χ1n) is 8.46. The minimum atomic E-state index is -0.465. The minimum absolute atomic E-state index is 0.00223. The maximum atomic E-state index is 12.7. The van der Waals surface area contributed by atoms with Crippen LogP contribution < -0.4 is 10.1 Å². The smallest absolute Gasteiger partial charge is 0.266 e. The number of ether oxygens (including phenoxy) is 1. The number of carbonyl (C=O) groups excluding carboxylic acids is 1. The standard InChI is InChI=1S/C23H18N2O2/c1-2-14-27-22-13-6-4-9-18(22)15-19(16-24)23(26)25-21-12-7-10-17-8-3-5-11-20(17)21/h2-13,15H,1,14H2,(H,25,26)/b19-15+. The number of anilines is 1. The largest absolute Gasteiger partial charge is 0.489 e. The molecule has 0 aliphatic rings. The number of nitriles is 1. The number of nitrogens with zero attached hydrogens (tertiary/aromatic N) is 1. The molecule has 0 atom stereocenters. The van der Waals surface area contributed by atoms with Crippen LogP contribution in [0, 0.1) is 11.3 Å². The fourth-order valence-electron chi connectivity index (χ4n) is 2.71. The van der Waals surface area contributed by atoms with Gasteiger partial charge in [0.1, 0.15) is 24.0 Å². The van der Waals surface area contributed by atoms with Gasteiger partial charge in [-0.2, -0.15) is 5.26 Å². The molecular formula is C23H18N2O2. The van der Waals surface area contributed by atoms with Gasteiger partial charge in [-0.1, -0.05) is 67.3 Å². The summed E-state index contributed by atoms with van der Waals surface area (Å²) < 4.78 is 5.58. The molecule has 0 spiro atoms. The Hall–Kier alpha value is -3.84. The van der Waals surface area contributed by atoms with Crippen molar-refractivity contribution in [3.05, 3.63) is 90.5 Å². The highest BCUT2D eigenvalue weighted by Gasteiger charge is 2.12. The monoisotopic (exact) mass is 354 g/mol. The lowest BCUT2D eigenvalue weighted by atomic mass is 10.1. The van der Waals surface area contributed by atoms with E-state index in [1.54, 1.807) is 18.2 Å². The van der Waals surface area contributed by atoms with Crippen LogP contribution in [0.5, 0.6) is 5.75 Å². The number of carbonyl (C=O) groups is 1. The van der Waals surface area contributed by atoms with Gasteiger partial charge in [0.25, 0.3) is 5.91 Å². The summed E-state index contributed by atoms with van der Waals surface area (Å²) in [6.45, 7) is 3.97. The summed E-state index contributed by atoms with van der Waals surface area (Å²) >= 11 is 0. The average Bonchev–Trinajstić information content (AvgIpc) is 2.71. The van der Waals surface area contributed by atoms with Gasteiger partial charge in [-0.25, -0.2) is 0 Å². The van der Waals surface area contributed by atoms with Crippen molar-refractivity contribution >= 4 is 28.4 Å². The van der Waals surface area contributed by atoms with Crippen LogP contribution in [0.15, 0.2) is 85.0 Å². The first-order chi connectivity index (χ1) is 13.2. The molecule has 4 heteroatoms. The fraction of sp³-hybridized carbons (Fsp3) is 0.0435. The maximum absolute atomic E-state index is 12.7. The molecule has 3 rings (SSSR count). The molecule has 0 unspecified atom stereocenters. The zero-order chi connectivity index (χ0) is 19.1. The first kappa shape index (κ1) is 18.0. The quantitative estimate of drug-likeness (QED) is 0.387. The highest BCUT2D eigenvalue weighted by molar-refractivity contribution is 6.13. The summed E-state index contributed by atoms with van der Waals surface area (Å²) in [5.74, 6) is 0.121. The van der Waals surface area contributed by atoms with E-state index >= 15 is 0 Å². The molecule has 0 aliphatic heterocycles. The highest BCUT2D eigenvalue weighted by atomic mass is 16.5. The van der Waals surface area contributed by atoms with Gasteiger partial charge in [0.05, 0.1) is 0 Å². The summed E-state index contributed by atoms with van der Waals surface area (Å²) in [6.07, 6.45) is 3.16. The Balaban J connectivity index is 1.90. The van der Waals surface area contributed by atoms with Crippen molar-refractivity contribution in [3.8, 4) is 11.8 Å². The van der Waals surface area contributed by atoms with E-state index in [-0.39, 0.29) is 5.57 Å². The van der Waals surface area contributed by atoms with Crippen LogP contribution in [0.25, 0.3) is 16.8 Å². The lowest BCUT2D eigenvalue weighted by Gasteiger charge is -2.09. The number of hydrogen-bond acceptors (Lipinski definition) is 3. The predicted octanol–water partition coefficient (Wildman–Crippen LogP) is 4.95. The number of amides is 1. The SMILES string of the molecule is C=CCOc1ccccc1/C=C(\C#N)C(=O)Nc1cccc2ccccc12. The van der Waals surface area contributed by atoms with Crippen molar-refractivity contribution in [2.24, 2.45) is 0 Å². The van der Waals surface area contributed by atoms with Gasteiger partial charge in [-0.3, -0.25) is 4.79 Å². The molecule has 3 aromatic rings. The minimum Gasteiger partial charge on any atom is -0.489 e. The van der Waals surface area contributed by atoms with Gasteiger partial charge < -0.3 is 10.1 Å². The molecule has 0 fully saturated rings. The fourth-order valence-corrected chi connectivity index (χ4v) is 2.71. The van der Waals surface area contributed by atoms with E-state index in [1.807, 2.05) is 60.7 Å². The summed E-state index contributed by atoms with van der Waals surface area (Å²) in [5, 5.41) is 14.2. The van der Waals surface area contributed by atoms with E-state index in [9.17, 15) is 10.1 Å². The van der Waals surface area contributed by atoms with Gasteiger partial charge in [-0.15, -0.1) is 0 Å². The van der Waals surface area contributed by atoms with Crippen molar-refractivity contribution in [2.75, 3.05) is 11.9 Å². The number of para-hydroxylation sites is 1. The Morgan fingerprint density at radius 2 is 1.81 bits per heavy atom. The van der Waals surface area contributed by atoms with Crippen LogP contribution in [0.1, 0.15) is 5.56 Å². The topological polar surface area (TPSA) is 62.1 Å². The molecule has 0 radical (unpaired) electrons. The zero-order valence-electron chi connectivity index (χ0n) is 14.7. The molecule has 0 saturated carbocycles. The molecule has 0 aliphatic carbocycles. The predicted molar refractivity (Wildman–Crippen MR) is 108 cm³/mol. The first-order valence-corrected chi connectivity index (χ1v) is 8.46. The molecule has 1 amide bonds. The van der Waals surface area contributed by atoms with Gasteiger partial charge in [0, 0.05) is 16.6 Å². The molecule has 0 saturated heterocycles. The molecule has 132 valence electrons. The van der Waals surface area contributed by atoms with E-state index < -0.39 is 5.91 Å². The van der Waals surface area contributed by atoms with E-state index in [0.29, 0.717) is 23.6 Å². The van der Waals surface area contributed by atoms with Crippen molar-refractivity contribution < 1.29 is 9.53 Å². The van der Waals surface area contributed by atoms with Crippen molar-refractivity contribution in [1.29, 1.82) is 5.26 Å². The van der Waals surface area contributed by atoms with E-state index in [1.165, 1.54) is 6.08 Å². The second kappa shape index (κ2) is 8.50. The Kier molecular flexibility index (Phi) is 5.66. The number of hydrogen-bond donors (Lipinski definition) is 1. The van der Waals surface area contributed by atoms with Gasteiger partial charge in [0.2, 0.25) is 0 Å². The highest BCUT2D eigenvalue weighted by Crippen LogP contribution is 2.25. The van der Waals surface area contributed by atoms with Crippen LogP contribution in [0.3, 0.4) is 0 Å². The van der Waals surface area contributed by atoms with Crippen LogP contribution >= 0.6 is 0 Å². The van der Waals surface area contributed by atoms with Crippen molar-refractivity contribution in [1.82, 2.24) is 0 Å². The Bertz CT molecular complexity index is 1060. The number of fused-ring (bicyclic) bond motifs is 1. The maximum Gasteiger partial charge on any atom is 0.266 e. The number of rotatable bonds is 6. The Morgan fingerprint density at radius 3 is 2.63 bits per heavy atom. The van der Waals surface area contributed by atoms with Crippen LogP contribution in [-0.4, -0.2) is 12.5 Å². The molecule has 4 nitrogen and oxygen atoms in total. The molecule has 0 bridgehead atoms. The van der Waals surface area contributed by atoms with E-state index in [2.05, 4.69) is 11.9 Å². The van der Waals surface area contributed by atoms with Gasteiger partial charge in [-0.05, 0) is 23.6 Å². The summed E-state index contributed by atoms with van der Waals surface area (Å²) in [4.78, 5) is 12.7. The molecule has 0 aromatic heterocycles. The third-order valence-electron chi connectivity index (χ3n) is 3.98. The van der Waals surface area contributed by atoms with Crippen LogP contribution in [-0.2, 0) is 4.79 Å². The molecular weight excluding hydrogens is 336 g/mol.